The third-order valence-corrected chi connectivity index (χ3v) is 6.35. The van der Waals surface area contributed by atoms with Gasteiger partial charge in [0, 0.05) is 35.2 Å². The molecule has 0 spiro atoms. The molecule has 1 saturated heterocycles. The highest BCUT2D eigenvalue weighted by Crippen LogP contribution is 2.32. The molecule has 4 aromatic rings. The van der Waals surface area contributed by atoms with Gasteiger partial charge in [0.1, 0.15) is 5.65 Å². The van der Waals surface area contributed by atoms with Gasteiger partial charge in [0.15, 0.2) is 0 Å². The average Bonchev–Trinajstić information content (AvgIpc) is 3.43. The molecule has 166 valence electrons. The van der Waals surface area contributed by atoms with E-state index in [0.717, 1.165) is 78.9 Å². The third-order valence-electron chi connectivity index (χ3n) is 6.35. The number of pyridine rings is 1. The van der Waals surface area contributed by atoms with Gasteiger partial charge in [0.05, 0.1) is 23.6 Å². The summed E-state index contributed by atoms with van der Waals surface area (Å²) in [5.74, 6) is 0.313. The van der Waals surface area contributed by atoms with E-state index in [1.807, 2.05) is 18.5 Å². The number of nitrogens with two attached hydrogens (primary N) is 1. The summed E-state index contributed by atoms with van der Waals surface area (Å²) >= 11 is 0. The van der Waals surface area contributed by atoms with Crippen LogP contribution in [-0.2, 0) is 6.42 Å². The van der Waals surface area contributed by atoms with E-state index in [4.69, 9.17) is 10.8 Å². The summed E-state index contributed by atoms with van der Waals surface area (Å²) in [6.07, 6.45) is 13.3. The van der Waals surface area contributed by atoms with Crippen molar-refractivity contribution in [3.63, 3.8) is 0 Å². The number of aryl methyl sites for hydroxylation is 1. The molecule has 0 bridgehead atoms. The zero-order chi connectivity index (χ0) is 22.1. The molecule has 0 atom stereocenters. The number of likely N-dealkylation sites (tertiary alicyclic amines) is 1. The zero-order valence-electron chi connectivity index (χ0n) is 18.8. The molecule has 5 heterocycles. The molecule has 32 heavy (non-hydrogen) atoms. The molecule has 0 radical (unpaired) electrons. The number of nitrogen functional groups attached to an aromatic ring is 1. The maximum absolute atomic E-state index is 6.06. The molecule has 1 aliphatic heterocycles. The highest BCUT2D eigenvalue weighted by Gasteiger charge is 2.20. The van der Waals surface area contributed by atoms with E-state index in [9.17, 15) is 0 Å². The van der Waals surface area contributed by atoms with Crippen molar-refractivity contribution < 1.29 is 0 Å². The van der Waals surface area contributed by atoms with Gasteiger partial charge in [-0.25, -0.2) is 15.0 Å². The smallest absolute Gasteiger partial charge is 0.220 e. The molecular weight excluding hydrogens is 400 g/mol. The Bertz CT molecular complexity index is 1220. The topological polar surface area (TPSA) is 90.7 Å². The highest BCUT2D eigenvalue weighted by atomic mass is 15.3. The monoisotopic (exact) mass is 430 g/mol. The van der Waals surface area contributed by atoms with Gasteiger partial charge in [-0.05, 0) is 64.0 Å². The van der Waals surface area contributed by atoms with Gasteiger partial charge in [0.25, 0.3) is 0 Å². The zero-order valence-corrected chi connectivity index (χ0v) is 18.8. The number of hydrogen-bond acceptors (Lipinski definition) is 6. The largest absolute Gasteiger partial charge is 0.368 e. The standard InChI is InChI=1S/C24H30N8/c1-3-4-6-17-13-22(29-24(25)28-17)21-16-31(23-20(21)7-5-10-26-23)19-14-27-32(15-19)18-8-11-30(2)12-9-18/h5,7,10,13-16,18H,3-4,6,8-9,11-12H2,1-2H3,(H2,25,28,29). The fraction of sp³-hybridized carbons (Fsp3) is 0.417. The van der Waals surface area contributed by atoms with Crippen LogP contribution in [0.1, 0.15) is 44.3 Å². The first-order chi connectivity index (χ1) is 15.6. The third kappa shape index (κ3) is 3.98. The van der Waals surface area contributed by atoms with Gasteiger partial charge in [-0.2, -0.15) is 5.10 Å². The number of fused-ring (bicyclic) bond motifs is 1. The number of piperidine rings is 1. The number of nitrogens with zero attached hydrogens (tertiary/aromatic N) is 7. The lowest BCUT2D eigenvalue weighted by atomic mass is 10.1. The van der Waals surface area contributed by atoms with Crippen molar-refractivity contribution in [1.29, 1.82) is 0 Å². The van der Waals surface area contributed by atoms with Crippen molar-refractivity contribution in [2.45, 2.75) is 45.1 Å². The van der Waals surface area contributed by atoms with Gasteiger partial charge < -0.3 is 10.6 Å². The average molecular weight is 431 g/mol. The minimum atomic E-state index is 0.313. The van der Waals surface area contributed by atoms with E-state index >= 15 is 0 Å². The molecule has 2 N–H and O–H groups in total. The second-order valence-corrected chi connectivity index (χ2v) is 8.71. The number of anilines is 1. The summed E-state index contributed by atoms with van der Waals surface area (Å²) < 4.78 is 4.22. The minimum Gasteiger partial charge on any atom is -0.368 e. The molecular formula is C24H30N8. The Balaban J connectivity index is 1.54. The minimum absolute atomic E-state index is 0.313. The molecule has 5 rings (SSSR count). The lowest BCUT2D eigenvalue weighted by molar-refractivity contribution is 0.212. The Morgan fingerprint density at radius 2 is 2.00 bits per heavy atom. The van der Waals surface area contributed by atoms with Crippen LogP contribution >= 0.6 is 0 Å². The van der Waals surface area contributed by atoms with Crippen molar-refractivity contribution >= 4 is 17.0 Å². The fourth-order valence-corrected chi connectivity index (χ4v) is 4.51. The van der Waals surface area contributed by atoms with E-state index in [2.05, 4.69) is 67.6 Å². The maximum Gasteiger partial charge on any atom is 0.220 e. The molecule has 1 aliphatic rings. The Kier molecular flexibility index (Phi) is 5.61. The molecule has 0 amide bonds. The SMILES string of the molecule is CCCCc1cc(-c2cn(-c3cnn(C4CCN(C)CC4)c3)c3ncccc23)nc(N)n1. The summed E-state index contributed by atoms with van der Waals surface area (Å²) in [5.41, 5.74) is 10.8. The lowest BCUT2D eigenvalue weighted by Gasteiger charge is -2.28. The number of rotatable bonds is 6. The van der Waals surface area contributed by atoms with Crippen molar-refractivity contribution in [3.8, 4) is 16.9 Å². The predicted octanol–water partition coefficient (Wildman–Crippen LogP) is 3.87. The molecule has 1 fully saturated rings. The first-order valence-corrected chi connectivity index (χ1v) is 11.5. The second kappa shape index (κ2) is 8.70. The van der Waals surface area contributed by atoms with Crippen LogP contribution in [0, 0.1) is 0 Å². The molecule has 8 heteroatoms. The highest BCUT2D eigenvalue weighted by molar-refractivity contribution is 5.94. The van der Waals surface area contributed by atoms with Crippen LogP contribution in [0.25, 0.3) is 28.0 Å². The van der Waals surface area contributed by atoms with E-state index in [1.165, 1.54) is 0 Å². The first-order valence-electron chi connectivity index (χ1n) is 11.5. The van der Waals surface area contributed by atoms with Crippen molar-refractivity contribution in [1.82, 2.24) is 34.2 Å². The molecule has 0 aromatic carbocycles. The molecule has 4 aromatic heterocycles. The van der Waals surface area contributed by atoms with E-state index in [0.29, 0.717) is 12.0 Å². The van der Waals surface area contributed by atoms with E-state index < -0.39 is 0 Å². The number of unbranched alkanes of at least 4 members (excludes halogenated alkanes) is 1. The second-order valence-electron chi connectivity index (χ2n) is 8.71. The fourth-order valence-electron chi connectivity index (χ4n) is 4.51. The van der Waals surface area contributed by atoms with Gasteiger partial charge in [-0.1, -0.05) is 13.3 Å². The Morgan fingerprint density at radius 1 is 1.16 bits per heavy atom. The molecule has 0 unspecified atom stereocenters. The van der Waals surface area contributed by atoms with E-state index in [1.54, 1.807) is 0 Å². The maximum atomic E-state index is 6.06. The van der Waals surface area contributed by atoms with Crippen LogP contribution in [0.3, 0.4) is 0 Å². The normalized spacial score (nSPS) is 15.6. The molecule has 0 saturated carbocycles. The quantitative estimate of drug-likeness (QED) is 0.499. The van der Waals surface area contributed by atoms with Gasteiger partial charge in [0.2, 0.25) is 5.95 Å². The van der Waals surface area contributed by atoms with E-state index in [-0.39, 0.29) is 0 Å². The van der Waals surface area contributed by atoms with Gasteiger partial charge in [-0.15, -0.1) is 0 Å². The Labute approximate surface area is 188 Å². The van der Waals surface area contributed by atoms with Crippen LogP contribution < -0.4 is 5.73 Å². The van der Waals surface area contributed by atoms with Crippen LogP contribution in [0.2, 0.25) is 0 Å². The van der Waals surface area contributed by atoms with Crippen molar-refractivity contribution in [2.75, 3.05) is 25.9 Å². The number of hydrogen-bond donors (Lipinski definition) is 1. The van der Waals surface area contributed by atoms with Crippen LogP contribution in [0.4, 0.5) is 5.95 Å². The van der Waals surface area contributed by atoms with Crippen LogP contribution in [0.5, 0.6) is 0 Å². The summed E-state index contributed by atoms with van der Waals surface area (Å²) in [6.45, 7) is 4.39. The summed E-state index contributed by atoms with van der Waals surface area (Å²) in [5, 5.41) is 5.74. The number of aromatic nitrogens is 6. The van der Waals surface area contributed by atoms with Gasteiger partial charge >= 0.3 is 0 Å². The first kappa shape index (κ1) is 20.6. The lowest BCUT2D eigenvalue weighted by Crippen LogP contribution is -2.31. The Hall–Kier alpha value is -3.26. The van der Waals surface area contributed by atoms with Crippen LogP contribution in [-0.4, -0.2) is 54.3 Å². The molecule has 0 aliphatic carbocycles. The van der Waals surface area contributed by atoms with Gasteiger partial charge in [-0.3, -0.25) is 9.25 Å². The predicted molar refractivity (Wildman–Crippen MR) is 127 cm³/mol. The van der Waals surface area contributed by atoms with Crippen molar-refractivity contribution in [3.05, 3.63) is 48.7 Å². The summed E-state index contributed by atoms with van der Waals surface area (Å²) in [6, 6.07) is 6.54. The summed E-state index contributed by atoms with van der Waals surface area (Å²) in [4.78, 5) is 16.0. The summed E-state index contributed by atoms with van der Waals surface area (Å²) in [7, 11) is 2.18. The van der Waals surface area contributed by atoms with Crippen LogP contribution in [0.15, 0.2) is 43.0 Å². The van der Waals surface area contributed by atoms with Crippen molar-refractivity contribution in [2.24, 2.45) is 0 Å². The Morgan fingerprint density at radius 3 is 2.81 bits per heavy atom. The molecule has 8 nitrogen and oxygen atoms in total.